The number of amidine groups is 1. The molecule has 3 heterocycles. The highest BCUT2D eigenvalue weighted by Crippen LogP contribution is 2.45. The number of aliphatic imine (C=N–C) groups is 1. The fraction of sp³-hybridized carbons (Fsp3) is 0.435. The van der Waals surface area contributed by atoms with Crippen molar-refractivity contribution < 1.29 is 19.1 Å². The number of rotatable bonds is 7. The first kappa shape index (κ1) is 22.9. The van der Waals surface area contributed by atoms with Gasteiger partial charge in [-0.05, 0) is 42.4 Å². The van der Waals surface area contributed by atoms with E-state index in [0.29, 0.717) is 29.3 Å². The van der Waals surface area contributed by atoms with Gasteiger partial charge in [0.15, 0.2) is 5.17 Å². The van der Waals surface area contributed by atoms with E-state index in [1.54, 1.807) is 6.07 Å². The Morgan fingerprint density at radius 2 is 2.25 bits per heavy atom. The molecule has 0 spiro atoms. The summed E-state index contributed by atoms with van der Waals surface area (Å²) < 4.78 is 10.7. The van der Waals surface area contributed by atoms with Crippen LogP contribution in [0.25, 0.3) is 0 Å². The summed E-state index contributed by atoms with van der Waals surface area (Å²) in [5.74, 6) is -0.531. The third kappa shape index (κ3) is 4.72. The van der Waals surface area contributed by atoms with Crippen LogP contribution < -0.4 is 5.32 Å². The van der Waals surface area contributed by atoms with Crippen LogP contribution in [0.1, 0.15) is 44.2 Å². The monoisotopic (exact) mass is 475 g/mol. The van der Waals surface area contributed by atoms with Gasteiger partial charge in [0, 0.05) is 23.9 Å². The molecular formula is C23H26ClN3O4S. The number of ether oxygens (including phenoxy) is 2. The lowest BCUT2D eigenvalue weighted by Crippen LogP contribution is -2.39. The zero-order valence-electron chi connectivity index (χ0n) is 18.1. The van der Waals surface area contributed by atoms with E-state index in [9.17, 15) is 9.59 Å². The summed E-state index contributed by atoms with van der Waals surface area (Å²) >= 11 is 7.74. The molecule has 4 rings (SSSR count). The topological polar surface area (TPSA) is 80.2 Å². The zero-order chi connectivity index (χ0) is 22.7. The third-order valence-corrected chi connectivity index (χ3v) is 6.81. The second-order valence-electron chi connectivity index (χ2n) is 7.77. The van der Waals surface area contributed by atoms with Crippen LogP contribution in [-0.2, 0) is 19.1 Å². The third-order valence-electron chi connectivity index (χ3n) is 5.69. The molecule has 170 valence electrons. The lowest BCUT2D eigenvalue weighted by molar-refractivity contribution is -0.136. The second kappa shape index (κ2) is 10.1. The predicted molar refractivity (Wildman–Crippen MR) is 125 cm³/mol. The minimum atomic E-state index is -0.476. The number of allylic oxidation sites excluding steroid dienone is 1. The molecule has 3 aliphatic heterocycles. The lowest BCUT2D eigenvalue weighted by atomic mass is 9.93. The number of fused-ring (bicyclic) bond motifs is 1. The number of hydrogen-bond acceptors (Lipinski definition) is 7. The molecule has 1 aromatic rings. The molecule has 3 aliphatic rings. The molecule has 0 bridgehead atoms. The molecule has 9 heteroatoms. The molecular weight excluding hydrogens is 450 g/mol. The fourth-order valence-corrected chi connectivity index (χ4v) is 5.30. The molecule has 1 fully saturated rings. The number of hydrogen-bond donors (Lipinski definition) is 1. The van der Waals surface area contributed by atoms with E-state index < -0.39 is 12.0 Å². The Labute approximate surface area is 196 Å². The minimum absolute atomic E-state index is 0.0816. The van der Waals surface area contributed by atoms with Crippen molar-refractivity contribution in [1.29, 1.82) is 0 Å². The van der Waals surface area contributed by atoms with E-state index in [-0.39, 0.29) is 18.4 Å². The number of esters is 1. The van der Waals surface area contributed by atoms with Gasteiger partial charge >= 0.3 is 5.97 Å². The van der Waals surface area contributed by atoms with Gasteiger partial charge in [0.05, 0.1) is 36.9 Å². The number of halogens is 1. The average molecular weight is 476 g/mol. The van der Waals surface area contributed by atoms with Gasteiger partial charge in [-0.1, -0.05) is 42.4 Å². The van der Waals surface area contributed by atoms with Gasteiger partial charge in [-0.25, -0.2) is 9.79 Å². The molecule has 0 unspecified atom stereocenters. The van der Waals surface area contributed by atoms with Gasteiger partial charge in [0.2, 0.25) is 5.91 Å². The summed E-state index contributed by atoms with van der Waals surface area (Å²) in [5, 5.41) is 6.20. The molecule has 2 atom stereocenters. The van der Waals surface area contributed by atoms with Crippen LogP contribution in [0, 0.1) is 0 Å². The van der Waals surface area contributed by atoms with E-state index >= 15 is 0 Å². The van der Waals surface area contributed by atoms with E-state index in [1.807, 2.05) is 35.4 Å². The second-order valence-corrected chi connectivity index (χ2v) is 9.04. The summed E-state index contributed by atoms with van der Waals surface area (Å²) in [6.07, 6.45) is 2.83. The molecule has 0 radical (unpaired) electrons. The Hall–Kier alpha value is -2.29. The van der Waals surface area contributed by atoms with Gasteiger partial charge in [-0.15, -0.1) is 0 Å². The van der Waals surface area contributed by atoms with Crippen LogP contribution in [-0.4, -0.2) is 48.3 Å². The number of nitrogens with one attached hydrogen (secondary N) is 1. The Bertz CT molecular complexity index is 1000. The first-order valence-electron chi connectivity index (χ1n) is 10.7. The molecule has 0 aliphatic carbocycles. The standard InChI is InChI=1S/C23H26ClN3O4S/c1-3-18-20(22(29)30-2)21(14-6-4-7-15(24)10-14)27-16(13-32-23(27)26-18)11-19(28)25-12-17-8-5-9-31-17/h4,6-7,10,13,17,21H,3,5,8-9,11-12H2,1-2H3,(H,25,28)/t17-,21-/m0/s1. The SMILES string of the molecule is CCC1=C(C(=O)OC)[C@H](c2cccc(Cl)c2)N2C(CC(=O)NC[C@@H]3CCCO3)=CSC2=N1. The highest BCUT2D eigenvalue weighted by atomic mass is 35.5. The van der Waals surface area contributed by atoms with Crippen LogP contribution >= 0.6 is 23.4 Å². The van der Waals surface area contributed by atoms with Crippen molar-refractivity contribution in [2.24, 2.45) is 4.99 Å². The predicted octanol–water partition coefficient (Wildman–Crippen LogP) is 4.16. The van der Waals surface area contributed by atoms with E-state index in [1.165, 1.54) is 18.9 Å². The Morgan fingerprint density at radius 3 is 2.94 bits per heavy atom. The summed E-state index contributed by atoms with van der Waals surface area (Å²) in [6.45, 7) is 3.21. The van der Waals surface area contributed by atoms with Gasteiger partial charge in [-0.3, -0.25) is 4.79 Å². The Balaban J connectivity index is 1.63. The van der Waals surface area contributed by atoms with Gasteiger partial charge < -0.3 is 19.7 Å². The molecule has 7 nitrogen and oxygen atoms in total. The molecule has 0 aromatic heterocycles. The number of benzene rings is 1. The van der Waals surface area contributed by atoms with Crippen LogP contribution in [0.2, 0.25) is 5.02 Å². The lowest BCUT2D eigenvalue weighted by Gasteiger charge is -2.36. The van der Waals surface area contributed by atoms with Crippen molar-refractivity contribution in [2.75, 3.05) is 20.3 Å². The first-order valence-corrected chi connectivity index (χ1v) is 12.0. The summed E-state index contributed by atoms with van der Waals surface area (Å²) in [6, 6.07) is 6.93. The largest absolute Gasteiger partial charge is 0.466 e. The first-order chi connectivity index (χ1) is 15.5. The molecule has 32 heavy (non-hydrogen) atoms. The average Bonchev–Trinajstić information content (AvgIpc) is 3.46. The number of methoxy groups -OCH3 is 1. The van der Waals surface area contributed by atoms with Crippen LogP contribution in [0.5, 0.6) is 0 Å². The molecule has 0 saturated carbocycles. The quantitative estimate of drug-likeness (QED) is 0.596. The zero-order valence-corrected chi connectivity index (χ0v) is 19.7. The maximum Gasteiger partial charge on any atom is 0.338 e. The van der Waals surface area contributed by atoms with E-state index in [2.05, 4.69) is 5.32 Å². The normalized spacial score (nSPS) is 22.4. The van der Waals surface area contributed by atoms with E-state index in [4.69, 9.17) is 26.1 Å². The number of nitrogens with zero attached hydrogens (tertiary/aromatic N) is 2. The summed E-state index contributed by atoms with van der Waals surface area (Å²) in [4.78, 5) is 32.2. The van der Waals surface area contributed by atoms with Gasteiger partial charge in [0.1, 0.15) is 0 Å². The van der Waals surface area contributed by atoms with E-state index in [0.717, 1.165) is 35.9 Å². The maximum absolute atomic E-state index is 12.8. The summed E-state index contributed by atoms with van der Waals surface area (Å²) in [5.41, 5.74) is 2.76. The number of carbonyl (C=O) groups is 2. The highest BCUT2D eigenvalue weighted by Gasteiger charge is 2.41. The molecule has 1 aromatic carbocycles. The van der Waals surface area contributed by atoms with Crippen molar-refractivity contribution in [3.8, 4) is 0 Å². The maximum atomic E-state index is 12.8. The van der Waals surface area contributed by atoms with Crippen molar-refractivity contribution in [3.63, 3.8) is 0 Å². The Kier molecular flexibility index (Phi) is 7.23. The number of thioether (sulfide) groups is 1. The highest BCUT2D eigenvalue weighted by molar-refractivity contribution is 8.16. The van der Waals surface area contributed by atoms with Crippen molar-refractivity contribution in [1.82, 2.24) is 10.2 Å². The smallest absolute Gasteiger partial charge is 0.338 e. The fourth-order valence-electron chi connectivity index (χ4n) is 4.16. The van der Waals surface area contributed by atoms with Gasteiger partial charge in [-0.2, -0.15) is 0 Å². The van der Waals surface area contributed by atoms with Crippen LogP contribution in [0.4, 0.5) is 0 Å². The van der Waals surface area contributed by atoms with Crippen LogP contribution in [0.3, 0.4) is 0 Å². The van der Waals surface area contributed by atoms with Gasteiger partial charge in [0.25, 0.3) is 0 Å². The Morgan fingerprint density at radius 1 is 1.41 bits per heavy atom. The number of carbonyl (C=O) groups excluding carboxylic acids is 2. The molecule has 1 saturated heterocycles. The number of amides is 1. The molecule has 1 amide bonds. The van der Waals surface area contributed by atoms with Crippen molar-refractivity contribution >= 4 is 40.4 Å². The minimum Gasteiger partial charge on any atom is -0.466 e. The summed E-state index contributed by atoms with van der Waals surface area (Å²) in [7, 11) is 1.37. The van der Waals surface area contributed by atoms with Crippen LogP contribution in [0.15, 0.2) is 51.6 Å². The molecule has 1 N–H and O–H groups in total. The van der Waals surface area contributed by atoms with Crippen molar-refractivity contribution in [3.05, 3.63) is 57.2 Å². The van der Waals surface area contributed by atoms with Crippen molar-refractivity contribution in [2.45, 2.75) is 44.8 Å².